The van der Waals surface area contributed by atoms with Gasteiger partial charge in [0.25, 0.3) is 5.91 Å². The number of carbonyl (C=O) groups excluding carboxylic acids is 1. The fraction of sp³-hybridized carbons (Fsp3) is 0.444. The van der Waals surface area contributed by atoms with E-state index in [-0.39, 0.29) is 11.7 Å². The van der Waals surface area contributed by atoms with Crippen LogP contribution >= 0.6 is 0 Å². The Balaban J connectivity index is 1.85. The van der Waals surface area contributed by atoms with Crippen molar-refractivity contribution in [2.24, 2.45) is 0 Å². The first-order chi connectivity index (χ1) is 20.6. The lowest BCUT2D eigenvalue weighted by Crippen LogP contribution is -2.45. The predicted molar refractivity (Wildman–Crippen MR) is 169 cm³/mol. The highest BCUT2D eigenvalue weighted by Crippen LogP contribution is 2.51. The summed E-state index contributed by atoms with van der Waals surface area (Å²) in [6.07, 6.45) is 0.504. The summed E-state index contributed by atoms with van der Waals surface area (Å²) in [6, 6.07) is 8.83. The largest absolute Gasteiger partial charge is 0.496 e. The van der Waals surface area contributed by atoms with Crippen LogP contribution in [0.1, 0.15) is 90.9 Å². The van der Waals surface area contributed by atoms with E-state index in [1.54, 1.807) is 11.0 Å². The fourth-order valence-corrected chi connectivity index (χ4v) is 6.72. The minimum Gasteiger partial charge on any atom is -0.496 e. The van der Waals surface area contributed by atoms with Crippen LogP contribution in [0.15, 0.2) is 30.3 Å². The molecule has 0 radical (unpaired) electrons. The molecule has 0 saturated heterocycles. The highest BCUT2D eigenvalue weighted by Gasteiger charge is 2.45. The molecule has 2 aliphatic rings. The normalized spacial score (nSPS) is 16.2. The zero-order valence-corrected chi connectivity index (χ0v) is 27.1. The summed E-state index contributed by atoms with van der Waals surface area (Å²) in [5.74, 6) is -1.13. The molecule has 1 amide bonds. The number of anilines is 1. The van der Waals surface area contributed by atoms with E-state index in [9.17, 15) is 14.7 Å². The second-order valence-corrected chi connectivity index (χ2v) is 13.6. The molecule has 3 aromatic carbocycles. The topological polar surface area (TPSA) is 85.3 Å². The highest BCUT2D eigenvalue weighted by atomic mass is 19.1. The number of halogens is 1. The summed E-state index contributed by atoms with van der Waals surface area (Å²) in [4.78, 5) is 29.1. The molecule has 0 aromatic heterocycles. The van der Waals surface area contributed by atoms with Crippen molar-refractivity contribution in [2.75, 3.05) is 18.6 Å². The molecule has 234 valence electrons. The fourth-order valence-electron chi connectivity index (χ4n) is 6.72. The smallest absolute Gasteiger partial charge is 0.337 e. The van der Waals surface area contributed by atoms with Crippen LogP contribution < -0.4 is 14.4 Å². The van der Waals surface area contributed by atoms with Crippen molar-refractivity contribution in [1.29, 1.82) is 0 Å². The molecule has 2 heterocycles. The van der Waals surface area contributed by atoms with Crippen LogP contribution in [0.25, 0.3) is 11.1 Å². The highest BCUT2D eigenvalue weighted by molar-refractivity contribution is 6.11. The van der Waals surface area contributed by atoms with Crippen molar-refractivity contribution in [2.45, 2.75) is 91.9 Å². The van der Waals surface area contributed by atoms with Crippen LogP contribution in [0.4, 0.5) is 10.1 Å². The van der Waals surface area contributed by atoms with Gasteiger partial charge in [-0.05, 0) is 127 Å². The van der Waals surface area contributed by atoms with Gasteiger partial charge in [-0.3, -0.25) is 4.79 Å². The third kappa shape index (κ3) is 5.45. The Morgan fingerprint density at radius 2 is 1.80 bits per heavy atom. The molecule has 44 heavy (non-hydrogen) atoms. The van der Waals surface area contributed by atoms with Crippen LogP contribution in [-0.4, -0.2) is 41.8 Å². The second kappa shape index (κ2) is 11.2. The van der Waals surface area contributed by atoms with Gasteiger partial charge in [-0.1, -0.05) is 11.6 Å². The number of aliphatic carboxylic acids is 1. The van der Waals surface area contributed by atoms with E-state index >= 15 is 4.39 Å². The van der Waals surface area contributed by atoms with E-state index in [4.69, 9.17) is 14.2 Å². The number of ether oxygens (including phenoxy) is 3. The van der Waals surface area contributed by atoms with Gasteiger partial charge in [0, 0.05) is 22.4 Å². The molecule has 7 nitrogen and oxygen atoms in total. The number of carbonyl (C=O) groups is 2. The quantitative estimate of drug-likeness (QED) is 0.311. The lowest BCUT2D eigenvalue weighted by atomic mass is 9.82. The van der Waals surface area contributed by atoms with Crippen LogP contribution in [0.2, 0.25) is 0 Å². The summed E-state index contributed by atoms with van der Waals surface area (Å²) >= 11 is 0. The molecule has 1 atom stereocenters. The molecule has 0 fully saturated rings. The Bertz CT molecular complexity index is 1670. The molecular formula is C36H42FNO6. The van der Waals surface area contributed by atoms with E-state index in [0.717, 1.165) is 28.7 Å². The van der Waals surface area contributed by atoms with Gasteiger partial charge < -0.3 is 24.2 Å². The van der Waals surface area contributed by atoms with Gasteiger partial charge >= 0.3 is 5.97 Å². The number of hydrogen-bond acceptors (Lipinski definition) is 5. The van der Waals surface area contributed by atoms with Gasteiger partial charge in [0.15, 0.2) is 17.7 Å². The first-order valence-electron chi connectivity index (χ1n) is 15.1. The zero-order chi connectivity index (χ0) is 32.3. The molecule has 0 aliphatic carbocycles. The molecule has 5 rings (SSSR count). The standard InChI is InChI=1S/C36H42FNO6/c1-19-12-13-28(42-9)24(15-19)33(39)38-27-16-20(2)29(32(34(40)41)44-35(4,5)6)30(25(27)18-36(38,7)8)23-17-26(37)31-22(21(23)3)11-10-14-43-31/h12-13,15-17,32H,10-11,14,18H2,1-9H3,(H,40,41)/t32-/m0/s1. The van der Waals surface area contributed by atoms with E-state index in [1.165, 1.54) is 13.2 Å². The van der Waals surface area contributed by atoms with Gasteiger partial charge in [0.05, 0.1) is 24.9 Å². The number of benzene rings is 3. The lowest BCUT2D eigenvalue weighted by Gasteiger charge is -2.33. The van der Waals surface area contributed by atoms with Crippen LogP contribution in [0.5, 0.6) is 11.5 Å². The van der Waals surface area contributed by atoms with Crippen molar-refractivity contribution in [3.05, 3.63) is 75.1 Å². The van der Waals surface area contributed by atoms with Crippen molar-refractivity contribution >= 4 is 17.6 Å². The van der Waals surface area contributed by atoms with Crippen molar-refractivity contribution in [3.8, 4) is 22.6 Å². The van der Waals surface area contributed by atoms with Gasteiger partial charge in [-0.2, -0.15) is 0 Å². The number of aryl methyl sites for hydroxylation is 2. The molecule has 0 unspecified atom stereocenters. The minimum absolute atomic E-state index is 0.227. The number of carboxylic acids is 1. The first-order valence-corrected chi connectivity index (χ1v) is 15.1. The third-order valence-corrected chi connectivity index (χ3v) is 8.57. The van der Waals surface area contributed by atoms with E-state index in [1.807, 2.05) is 73.6 Å². The summed E-state index contributed by atoms with van der Waals surface area (Å²) in [7, 11) is 1.54. The molecule has 0 spiro atoms. The summed E-state index contributed by atoms with van der Waals surface area (Å²) in [5.41, 5.74) is 5.22. The SMILES string of the molecule is COc1ccc(C)cc1C(=O)N1c2cc(C)c([C@H](OC(C)(C)C)C(=O)O)c(-c3cc(F)c4c(c3C)CCCO4)c2CC1(C)C. The zero-order valence-electron chi connectivity index (χ0n) is 27.1. The number of methoxy groups -OCH3 is 1. The molecule has 3 aromatic rings. The summed E-state index contributed by atoms with van der Waals surface area (Å²) < 4.78 is 33.3. The number of amides is 1. The van der Waals surface area contributed by atoms with Gasteiger partial charge in [-0.25, -0.2) is 9.18 Å². The lowest BCUT2D eigenvalue weighted by molar-refractivity contribution is -0.160. The van der Waals surface area contributed by atoms with Gasteiger partial charge in [0.2, 0.25) is 0 Å². The molecule has 0 saturated carbocycles. The Morgan fingerprint density at radius 3 is 2.43 bits per heavy atom. The van der Waals surface area contributed by atoms with Crippen LogP contribution in [0, 0.1) is 26.6 Å². The van der Waals surface area contributed by atoms with Gasteiger partial charge in [0.1, 0.15) is 5.75 Å². The first kappa shape index (κ1) is 31.5. The van der Waals surface area contributed by atoms with Crippen molar-refractivity contribution in [1.82, 2.24) is 0 Å². The van der Waals surface area contributed by atoms with E-state index in [2.05, 4.69) is 0 Å². The Labute approximate surface area is 258 Å². The number of hydrogen-bond donors (Lipinski definition) is 1. The molecule has 2 aliphatic heterocycles. The maximum Gasteiger partial charge on any atom is 0.337 e. The maximum atomic E-state index is 15.8. The number of rotatable bonds is 6. The molecule has 0 bridgehead atoms. The average molecular weight is 604 g/mol. The number of nitrogens with zero attached hydrogens (tertiary/aromatic N) is 1. The van der Waals surface area contributed by atoms with Crippen molar-refractivity contribution in [3.63, 3.8) is 0 Å². The average Bonchev–Trinajstić information content (AvgIpc) is 3.21. The van der Waals surface area contributed by atoms with E-state index < -0.39 is 29.0 Å². The number of fused-ring (bicyclic) bond motifs is 2. The third-order valence-electron chi connectivity index (χ3n) is 8.57. The van der Waals surface area contributed by atoms with Crippen LogP contribution in [0.3, 0.4) is 0 Å². The molecule has 1 N–H and O–H groups in total. The van der Waals surface area contributed by atoms with E-state index in [0.29, 0.717) is 58.7 Å². The molecule has 8 heteroatoms. The van der Waals surface area contributed by atoms with Crippen LogP contribution in [-0.2, 0) is 22.4 Å². The minimum atomic E-state index is -1.32. The number of carboxylic acid groups (broad SMARTS) is 1. The maximum absolute atomic E-state index is 15.8. The van der Waals surface area contributed by atoms with Gasteiger partial charge in [-0.15, -0.1) is 0 Å². The Hall–Kier alpha value is -3.91. The predicted octanol–water partition coefficient (Wildman–Crippen LogP) is 7.67. The Kier molecular flexibility index (Phi) is 8.04. The summed E-state index contributed by atoms with van der Waals surface area (Å²) in [6.45, 7) is 15.5. The second-order valence-electron chi connectivity index (χ2n) is 13.6. The summed E-state index contributed by atoms with van der Waals surface area (Å²) in [5, 5.41) is 10.5. The monoisotopic (exact) mass is 603 g/mol. The van der Waals surface area contributed by atoms with Crippen molar-refractivity contribution < 1.29 is 33.3 Å². The Morgan fingerprint density at radius 1 is 1.09 bits per heavy atom. The molecular weight excluding hydrogens is 561 g/mol.